The Morgan fingerprint density at radius 2 is 1.29 bits per heavy atom. The number of benzene rings is 2. The van der Waals surface area contributed by atoms with E-state index in [1.807, 2.05) is 19.2 Å². The number of halogens is 10. The number of alkyl halides is 10. The van der Waals surface area contributed by atoms with Crippen molar-refractivity contribution in [2.24, 2.45) is 0 Å². The first-order valence-electron chi connectivity index (χ1n) is 19.1. The number of nitrogens with one attached hydrogen (secondary N) is 2. The molecule has 20 heteroatoms. The van der Waals surface area contributed by atoms with Crippen molar-refractivity contribution in [3.05, 3.63) is 64.7 Å². The number of amides is 5. The lowest BCUT2D eigenvalue weighted by molar-refractivity contribution is -0.301. The van der Waals surface area contributed by atoms with Crippen LogP contribution in [0.2, 0.25) is 0 Å². The molecule has 4 aliphatic heterocycles. The summed E-state index contributed by atoms with van der Waals surface area (Å²) in [6.07, 6.45) is -11.5. The van der Waals surface area contributed by atoms with E-state index in [4.69, 9.17) is 0 Å². The number of likely N-dealkylation sites (N-methyl/N-ethyl adjacent to an activating group) is 1. The number of urea groups is 2. The highest BCUT2D eigenvalue weighted by molar-refractivity contribution is 5.91. The average molecular weight is 838 g/mol. The molecule has 0 bridgehead atoms. The standard InChI is InChI=1S/C38H45F10N7O3/c1-51-18-20-52(21-19-51)26-9-13-53(14-10-26)32(56)31(23-24-6-7-28(35(39,40)37(43,44)45)29(22-24)36(41,42)38(46,47)48)50-33(57)54-15-11-27(12-16-54)55-17-8-25-4-2-3-5-30(25)49-34(55)58/h2-7,22,26-27,31H,8-21,23H2,1H3,(H,49,58)(H,50,57)/t31-/m1/s1. The number of anilines is 1. The summed E-state index contributed by atoms with van der Waals surface area (Å²) in [5, 5.41) is 5.44. The molecule has 58 heavy (non-hydrogen) atoms. The Kier molecular flexibility index (Phi) is 12.5. The van der Waals surface area contributed by atoms with Gasteiger partial charge in [-0.15, -0.1) is 0 Å². The number of rotatable bonds is 8. The Balaban J connectivity index is 1.21. The number of likely N-dealkylation sites (tertiary alicyclic amines) is 2. The predicted molar refractivity (Wildman–Crippen MR) is 192 cm³/mol. The number of nitrogens with zero attached hydrogens (tertiary/aromatic N) is 5. The molecule has 0 aliphatic carbocycles. The van der Waals surface area contributed by atoms with Gasteiger partial charge in [0.05, 0.1) is 0 Å². The minimum absolute atomic E-state index is 0.107. The molecule has 0 saturated carbocycles. The van der Waals surface area contributed by atoms with Gasteiger partial charge in [0.2, 0.25) is 5.91 Å². The van der Waals surface area contributed by atoms with Crippen LogP contribution in [0.1, 0.15) is 47.9 Å². The number of piperidine rings is 2. The highest BCUT2D eigenvalue weighted by Gasteiger charge is 2.65. The summed E-state index contributed by atoms with van der Waals surface area (Å²) in [7, 11) is 2.01. The zero-order valence-corrected chi connectivity index (χ0v) is 31.6. The Morgan fingerprint density at radius 1 is 0.724 bits per heavy atom. The van der Waals surface area contributed by atoms with Gasteiger partial charge < -0.3 is 30.2 Å². The van der Waals surface area contributed by atoms with Crippen molar-refractivity contribution >= 4 is 23.7 Å². The molecule has 0 unspecified atom stereocenters. The lowest BCUT2D eigenvalue weighted by Gasteiger charge is -2.42. The topological polar surface area (TPSA) is 91.5 Å². The number of piperazine rings is 1. The first-order valence-corrected chi connectivity index (χ1v) is 19.1. The normalized spacial score (nSPS) is 20.7. The molecule has 4 heterocycles. The summed E-state index contributed by atoms with van der Waals surface area (Å²) < 4.78 is 139. The van der Waals surface area contributed by atoms with Crippen LogP contribution in [-0.2, 0) is 29.5 Å². The van der Waals surface area contributed by atoms with Crippen LogP contribution in [0.15, 0.2) is 42.5 Å². The number of carbonyl (C=O) groups excluding carboxylic acids is 3. The second-order valence-corrected chi connectivity index (χ2v) is 15.4. The van der Waals surface area contributed by atoms with Crippen LogP contribution in [0, 0.1) is 0 Å². The third-order valence-electron chi connectivity index (χ3n) is 11.7. The highest BCUT2D eigenvalue weighted by atomic mass is 19.4. The Hall–Kier alpha value is -4.33. The molecular weight excluding hydrogens is 792 g/mol. The number of carbonyl (C=O) groups is 3. The van der Waals surface area contributed by atoms with Gasteiger partial charge in [0.1, 0.15) is 6.04 Å². The second-order valence-electron chi connectivity index (χ2n) is 15.4. The van der Waals surface area contributed by atoms with E-state index in [0.717, 1.165) is 31.7 Å². The number of fused-ring (bicyclic) bond motifs is 1. The van der Waals surface area contributed by atoms with Gasteiger partial charge >= 0.3 is 36.3 Å². The quantitative estimate of drug-likeness (QED) is 0.301. The van der Waals surface area contributed by atoms with Gasteiger partial charge in [-0.3, -0.25) is 9.69 Å². The number of hydrogen-bond donors (Lipinski definition) is 2. The maximum atomic E-state index is 14.7. The summed E-state index contributed by atoms with van der Waals surface area (Å²) in [5.41, 5.74) is -4.16. The molecule has 4 aliphatic rings. The zero-order chi connectivity index (χ0) is 42.2. The molecule has 10 nitrogen and oxygen atoms in total. The average Bonchev–Trinajstić information content (AvgIpc) is 3.34. The lowest BCUT2D eigenvalue weighted by atomic mass is 9.91. The van der Waals surface area contributed by atoms with Gasteiger partial charge in [-0.25, -0.2) is 9.59 Å². The number of para-hydroxylation sites is 1. The van der Waals surface area contributed by atoms with Crippen LogP contribution >= 0.6 is 0 Å². The summed E-state index contributed by atoms with van der Waals surface area (Å²) in [4.78, 5) is 49.9. The Morgan fingerprint density at radius 3 is 1.91 bits per heavy atom. The van der Waals surface area contributed by atoms with E-state index in [-0.39, 0.29) is 56.4 Å². The van der Waals surface area contributed by atoms with Crippen LogP contribution in [0.4, 0.5) is 59.2 Å². The van der Waals surface area contributed by atoms with Gasteiger partial charge in [0.25, 0.3) is 0 Å². The van der Waals surface area contributed by atoms with Crippen molar-refractivity contribution in [1.29, 1.82) is 0 Å². The molecule has 3 fully saturated rings. The minimum Gasteiger partial charge on any atom is -0.341 e. The van der Waals surface area contributed by atoms with E-state index >= 15 is 0 Å². The molecule has 0 aromatic heterocycles. The summed E-state index contributed by atoms with van der Waals surface area (Å²) in [5.74, 6) is -13.0. The van der Waals surface area contributed by atoms with E-state index < -0.39 is 65.3 Å². The van der Waals surface area contributed by atoms with E-state index in [1.54, 1.807) is 17.0 Å². The maximum absolute atomic E-state index is 14.7. The maximum Gasteiger partial charge on any atom is 0.458 e. The summed E-state index contributed by atoms with van der Waals surface area (Å²) in [6, 6.07) is 4.82. The van der Waals surface area contributed by atoms with Crippen molar-refractivity contribution in [3.8, 4) is 0 Å². The van der Waals surface area contributed by atoms with E-state index in [9.17, 15) is 58.3 Å². The minimum atomic E-state index is -6.55. The van der Waals surface area contributed by atoms with E-state index in [2.05, 4.69) is 20.4 Å². The molecule has 6 rings (SSSR count). The lowest BCUT2D eigenvalue weighted by Crippen LogP contribution is -2.58. The van der Waals surface area contributed by atoms with Crippen molar-refractivity contribution in [3.63, 3.8) is 0 Å². The SMILES string of the molecule is CN1CCN(C2CCN(C(=O)[C@@H](Cc3ccc(C(F)(F)C(F)(F)F)c(C(F)(F)C(F)(F)F)c3)NC(=O)N3CCC(N4CCc5ccccc5NC4=O)CC3)CC2)CC1. The molecule has 3 saturated heterocycles. The third-order valence-corrected chi connectivity index (χ3v) is 11.7. The molecule has 5 amide bonds. The van der Waals surface area contributed by atoms with E-state index in [1.165, 1.54) is 9.80 Å². The van der Waals surface area contributed by atoms with Crippen molar-refractivity contribution in [1.82, 2.24) is 29.8 Å². The molecule has 1 atom stereocenters. The molecule has 320 valence electrons. The second kappa shape index (κ2) is 16.7. The Bertz CT molecular complexity index is 1800. The smallest absolute Gasteiger partial charge is 0.341 e. The van der Waals surface area contributed by atoms with Gasteiger partial charge in [-0.05, 0) is 62.4 Å². The fraction of sp³-hybridized carbons (Fsp3) is 0.605. The Labute approximate surface area is 328 Å². The molecule has 0 spiro atoms. The molecule has 2 N–H and O–H groups in total. The van der Waals surface area contributed by atoms with Crippen LogP contribution in [0.3, 0.4) is 0 Å². The highest BCUT2D eigenvalue weighted by Crippen LogP contribution is 2.52. The first-order chi connectivity index (χ1) is 27.2. The van der Waals surface area contributed by atoms with Gasteiger partial charge in [-0.2, -0.15) is 43.9 Å². The summed E-state index contributed by atoms with van der Waals surface area (Å²) >= 11 is 0. The number of hydrogen-bond acceptors (Lipinski definition) is 5. The van der Waals surface area contributed by atoms with Crippen molar-refractivity contribution in [2.75, 3.05) is 71.3 Å². The predicted octanol–water partition coefficient (Wildman–Crippen LogP) is 6.41. The monoisotopic (exact) mass is 837 g/mol. The third kappa shape index (κ3) is 9.11. The van der Waals surface area contributed by atoms with Crippen LogP contribution < -0.4 is 10.6 Å². The molecule has 2 aromatic rings. The molecule has 0 radical (unpaired) electrons. The fourth-order valence-electron chi connectivity index (χ4n) is 8.21. The molecule has 2 aromatic carbocycles. The summed E-state index contributed by atoms with van der Waals surface area (Å²) in [6.45, 7) is 4.42. The largest absolute Gasteiger partial charge is 0.458 e. The van der Waals surface area contributed by atoms with Gasteiger partial charge in [0, 0.05) is 94.2 Å². The first kappa shape index (κ1) is 43.3. The van der Waals surface area contributed by atoms with Crippen LogP contribution in [-0.4, -0.2) is 139 Å². The van der Waals surface area contributed by atoms with Gasteiger partial charge in [0.15, 0.2) is 0 Å². The fourth-order valence-corrected chi connectivity index (χ4v) is 8.21. The van der Waals surface area contributed by atoms with E-state index in [0.29, 0.717) is 50.4 Å². The van der Waals surface area contributed by atoms with Crippen LogP contribution in [0.5, 0.6) is 0 Å². The zero-order valence-electron chi connectivity index (χ0n) is 31.6. The van der Waals surface area contributed by atoms with Crippen molar-refractivity contribution in [2.45, 2.75) is 80.8 Å². The van der Waals surface area contributed by atoms with Crippen molar-refractivity contribution < 1.29 is 58.3 Å². The molecular formula is C38H45F10N7O3. The van der Waals surface area contributed by atoms with Gasteiger partial charge in [-0.1, -0.05) is 30.3 Å². The van der Waals surface area contributed by atoms with Crippen LogP contribution in [0.25, 0.3) is 0 Å².